The number of pyridine rings is 1. The van der Waals surface area contributed by atoms with Crippen LogP contribution in [0.15, 0.2) is 91.0 Å². The van der Waals surface area contributed by atoms with Crippen molar-refractivity contribution in [2.24, 2.45) is 0 Å². The smallest absolute Gasteiger partial charge is 0.254 e. The molecule has 0 aliphatic carbocycles. The molecular formula is C34H35N5O3. The van der Waals surface area contributed by atoms with Crippen molar-refractivity contribution < 1.29 is 14.7 Å². The third kappa shape index (κ3) is 5.85. The number of phenolic OH excluding ortho intramolecular Hbond substituents is 1. The number of nitrogens with two attached hydrogens (primary N) is 1. The fourth-order valence-corrected chi connectivity index (χ4v) is 5.93. The van der Waals surface area contributed by atoms with E-state index in [1.54, 1.807) is 12.1 Å². The van der Waals surface area contributed by atoms with E-state index in [1.807, 2.05) is 82.6 Å². The first-order chi connectivity index (χ1) is 20.5. The van der Waals surface area contributed by atoms with Crippen molar-refractivity contribution in [2.75, 3.05) is 45.0 Å². The molecule has 0 atom stereocenters. The third-order valence-corrected chi connectivity index (χ3v) is 8.36. The lowest BCUT2D eigenvalue weighted by atomic mass is 10.0. The lowest BCUT2D eigenvalue weighted by Crippen LogP contribution is -2.54. The average molecular weight is 562 g/mol. The predicted molar refractivity (Wildman–Crippen MR) is 164 cm³/mol. The van der Waals surface area contributed by atoms with Gasteiger partial charge in [-0.05, 0) is 43.2 Å². The van der Waals surface area contributed by atoms with Crippen LogP contribution < -0.4 is 5.73 Å². The van der Waals surface area contributed by atoms with Crippen LogP contribution in [0, 0.1) is 0 Å². The zero-order valence-corrected chi connectivity index (χ0v) is 23.5. The van der Waals surface area contributed by atoms with Crippen LogP contribution in [0.5, 0.6) is 5.75 Å². The quantitative estimate of drug-likeness (QED) is 0.269. The molecule has 2 fully saturated rings. The monoisotopic (exact) mass is 561 g/mol. The van der Waals surface area contributed by atoms with Crippen LogP contribution in [0.3, 0.4) is 0 Å². The molecule has 1 aromatic heterocycles. The first-order valence-corrected chi connectivity index (χ1v) is 14.5. The van der Waals surface area contributed by atoms with Crippen molar-refractivity contribution in [3.63, 3.8) is 0 Å². The first kappa shape index (κ1) is 27.5. The molecule has 8 nitrogen and oxygen atoms in total. The summed E-state index contributed by atoms with van der Waals surface area (Å²) in [6.45, 7) is 4.25. The van der Waals surface area contributed by atoms with E-state index in [0.717, 1.165) is 48.4 Å². The second-order valence-corrected chi connectivity index (χ2v) is 11.0. The van der Waals surface area contributed by atoms with Gasteiger partial charge in [0.2, 0.25) is 0 Å². The Kier molecular flexibility index (Phi) is 7.88. The topological polar surface area (TPSA) is 103 Å². The molecule has 3 heterocycles. The largest absolute Gasteiger partial charge is 0.506 e. The van der Waals surface area contributed by atoms with Gasteiger partial charge in [-0.15, -0.1) is 0 Å². The maximum atomic E-state index is 13.8. The van der Waals surface area contributed by atoms with Gasteiger partial charge in [-0.1, -0.05) is 60.7 Å². The van der Waals surface area contributed by atoms with E-state index in [1.165, 1.54) is 6.07 Å². The standard InChI is InChI=1S/C34H35N5O3/c35-29-12-11-26(23-32(29)40)33(41)38-15-13-28(14-16-38)37-17-19-39(20-18-37)34(42)27-21-30(24-7-3-1-4-8-24)36-31(22-27)25-9-5-2-6-10-25/h1-12,21-23,28,40H,13-20,35H2. The normalized spacial score (nSPS) is 16.4. The summed E-state index contributed by atoms with van der Waals surface area (Å²) in [6, 6.07) is 28.8. The van der Waals surface area contributed by atoms with Crippen LogP contribution in [-0.4, -0.2) is 81.9 Å². The third-order valence-electron chi connectivity index (χ3n) is 8.36. The molecule has 8 heteroatoms. The number of likely N-dealkylation sites (tertiary alicyclic amines) is 1. The minimum absolute atomic E-state index is 0.0265. The lowest BCUT2D eigenvalue weighted by molar-refractivity contribution is 0.0412. The Labute approximate surface area is 246 Å². The first-order valence-electron chi connectivity index (χ1n) is 14.5. The van der Waals surface area contributed by atoms with E-state index >= 15 is 0 Å². The number of nitrogens with zero attached hydrogens (tertiary/aromatic N) is 4. The zero-order chi connectivity index (χ0) is 29.1. The van der Waals surface area contributed by atoms with Gasteiger partial charge in [-0.3, -0.25) is 14.5 Å². The highest BCUT2D eigenvalue weighted by Crippen LogP contribution is 2.27. The van der Waals surface area contributed by atoms with Gasteiger partial charge in [0.05, 0.1) is 17.1 Å². The van der Waals surface area contributed by atoms with E-state index in [-0.39, 0.29) is 23.3 Å². The van der Waals surface area contributed by atoms with Crippen LogP contribution in [0.1, 0.15) is 33.6 Å². The summed E-state index contributed by atoms with van der Waals surface area (Å²) in [7, 11) is 0. The van der Waals surface area contributed by atoms with E-state index in [0.29, 0.717) is 43.3 Å². The van der Waals surface area contributed by atoms with Crippen LogP contribution in [-0.2, 0) is 0 Å². The Morgan fingerprint density at radius 2 is 1.19 bits per heavy atom. The summed E-state index contributed by atoms with van der Waals surface area (Å²) in [5.41, 5.74) is 10.6. The van der Waals surface area contributed by atoms with Gasteiger partial charge >= 0.3 is 0 Å². The molecule has 2 amide bonds. The fourth-order valence-electron chi connectivity index (χ4n) is 5.93. The van der Waals surface area contributed by atoms with E-state index in [2.05, 4.69) is 4.90 Å². The Balaban J connectivity index is 1.10. The molecule has 2 aliphatic heterocycles. The number of phenols is 1. The fraction of sp³-hybridized carbons (Fsp3) is 0.265. The van der Waals surface area contributed by atoms with Gasteiger partial charge in [0.25, 0.3) is 11.8 Å². The summed E-state index contributed by atoms with van der Waals surface area (Å²) in [6.07, 6.45) is 1.76. The zero-order valence-electron chi connectivity index (χ0n) is 23.5. The molecule has 2 saturated heterocycles. The van der Waals surface area contributed by atoms with Gasteiger partial charge in [0.1, 0.15) is 5.75 Å². The van der Waals surface area contributed by atoms with Gasteiger partial charge in [-0.2, -0.15) is 0 Å². The second kappa shape index (κ2) is 12.0. The Morgan fingerprint density at radius 1 is 0.667 bits per heavy atom. The molecule has 3 N–H and O–H groups in total. The number of hydrogen-bond donors (Lipinski definition) is 2. The minimum atomic E-state index is -0.0822. The maximum Gasteiger partial charge on any atom is 0.254 e. The molecule has 2 aliphatic rings. The van der Waals surface area contributed by atoms with Crippen molar-refractivity contribution in [2.45, 2.75) is 18.9 Å². The number of piperazine rings is 1. The van der Waals surface area contributed by atoms with Gasteiger partial charge in [0, 0.05) is 67.6 Å². The molecule has 0 spiro atoms. The molecule has 0 unspecified atom stereocenters. The average Bonchev–Trinajstić information content (AvgIpc) is 3.06. The van der Waals surface area contributed by atoms with Gasteiger partial charge in [-0.25, -0.2) is 4.98 Å². The molecule has 42 heavy (non-hydrogen) atoms. The molecule has 3 aromatic carbocycles. The highest BCUT2D eigenvalue weighted by Gasteiger charge is 2.31. The number of aromatic hydroxyl groups is 1. The number of carbonyl (C=O) groups is 2. The Morgan fingerprint density at radius 3 is 1.74 bits per heavy atom. The van der Waals surface area contributed by atoms with Crippen LogP contribution in [0.2, 0.25) is 0 Å². The van der Waals surface area contributed by atoms with Gasteiger partial charge in [0.15, 0.2) is 0 Å². The molecule has 4 aromatic rings. The molecule has 6 rings (SSSR count). The van der Waals surface area contributed by atoms with Crippen molar-refractivity contribution in [3.8, 4) is 28.3 Å². The van der Waals surface area contributed by atoms with E-state index in [9.17, 15) is 14.7 Å². The van der Waals surface area contributed by atoms with E-state index in [4.69, 9.17) is 10.7 Å². The van der Waals surface area contributed by atoms with Crippen molar-refractivity contribution >= 4 is 17.5 Å². The summed E-state index contributed by atoms with van der Waals surface area (Å²) < 4.78 is 0. The highest BCUT2D eigenvalue weighted by atomic mass is 16.3. The molecule has 0 bridgehead atoms. The van der Waals surface area contributed by atoms with Crippen molar-refractivity contribution in [3.05, 3.63) is 102 Å². The Bertz CT molecular complexity index is 1500. The van der Waals surface area contributed by atoms with Crippen molar-refractivity contribution in [1.82, 2.24) is 19.7 Å². The number of amides is 2. The minimum Gasteiger partial charge on any atom is -0.506 e. The number of anilines is 1. The number of aromatic nitrogens is 1. The predicted octanol–water partition coefficient (Wildman–Crippen LogP) is 4.77. The van der Waals surface area contributed by atoms with Crippen molar-refractivity contribution in [1.29, 1.82) is 0 Å². The summed E-state index contributed by atoms with van der Waals surface area (Å²) in [4.78, 5) is 37.8. The van der Waals surface area contributed by atoms with Crippen LogP contribution in [0.4, 0.5) is 5.69 Å². The number of hydrogen-bond acceptors (Lipinski definition) is 6. The number of carbonyl (C=O) groups excluding carboxylic acids is 2. The number of piperidine rings is 1. The molecule has 0 radical (unpaired) electrons. The summed E-state index contributed by atoms with van der Waals surface area (Å²) >= 11 is 0. The number of rotatable bonds is 5. The van der Waals surface area contributed by atoms with Crippen LogP contribution in [0.25, 0.3) is 22.5 Å². The van der Waals surface area contributed by atoms with E-state index < -0.39 is 0 Å². The maximum absolute atomic E-state index is 13.8. The molecular weight excluding hydrogens is 526 g/mol. The second-order valence-electron chi connectivity index (χ2n) is 11.0. The SMILES string of the molecule is Nc1ccc(C(=O)N2CCC(N3CCN(C(=O)c4cc(-c5ccccc5)nc(-c5ccccc5)c4)CC3)CC2)cc1O. The Hall–Kier alpha value is -4.69. The van der Waals surface area contributed by atoms with Crippen LogP contribution >= 0.6 is 0 Å². The molecule has 0 saturated carbocycles. The number of nitrogen functional groups attached to an aromatic ring is 1. The lowest BCUT2D eigenvalue weighted by Gasteiger charge is -2.42. The highest BCUT2D eigenvalue weighted by molar-refractivity contribution is 5.97. The number of benzene rings is 3. The molecule has 214 valence electrons. The summed E-state index contributed by atoms with van der Waals surface area (Å²) in [5.74, 6) is -0.123. The summed E-state index contributed by atoms with van der Waals surface area (Å²) in [5, 5.41) is 9.89. The van der Waals surface area contributed by atoms with Gasteiger partial charge < -0.3 is 20.6 Å².